The summed E-state index contributed by atoms with van der Waals surface area (Å²) < 4.78 is 11.6. The van der Waals surface area contributed by atoms with Crippen LogP contribution >= 0.6 is 0 Å². The van der Waals surface area contributed by atoms with E-state index in [0.29, 0.717) is 35.2 Å². The first kappa shape index (κ1) is 25.1. The molecule has 37 heavy (non-hydrogen) atoms. The fourth-order valence-corrected chi connectivity index (χ4v) is 3.65. The maximum atomic E-state index is 13.1. The third-order valence-corrected chi connectivity index (χ3v) is 5.49. The molecule has 3 aromatic carbocycles. The Morgan fingerprint density at radius 2 is 1.73 bits per heavy atom. The van der Waals surface area contributed by atoms with Gasteiger partial charge in [0.2, 0.25) is 0 Å². The number of anilines is 1. The molecule has 0 bridgehead atoms. The second-order valence-electron chi connectivity index (χ2n) is 8.15. The third kappa shape index (κ3) is 5.64. The zero-order chi connectivity index (χ0) is 26.5. The van der Waals surface area contributed by atoms with E-state index in [1.54, 1.807) is 18.2 Å². The Bertz CT molecular complexity index is 1410. The molecular weight excluding hydrogens is 478 g/mol. The maximum absolute atomic E-state index is 13.1. The highest BCUT2D eigenvalue weighted by atomic mass is 16.6. The SMILES string of the molecule is CCOc1cc(/C=C2\C(=O)NC(=O)N(c3cccc([N+](=O)[O-])c3)C2=O)ccc1OCc1ccc(C)cc1. The Hall–Kier alpha value is -4.99. The van der Waals surface area contributed by atoms with Gasteiger partial charge in [0.05, 0.1) is 17.2 Å². The molecule has 1 aliphatic heterocycles. The molecule has 0 unspecified atom stereocenters. The number of barbiturate groups is 1. The van der Waals surface area contributed by atoms with E-state index in [1.165, 1.54) is 24.3 Å². The number of carbonyl (C=O) groups excluding carboxylic acids is 3. The van der Waals surface area contributed by atoms with Crippen LogP contribution in [0.25, 0.3) is 6.08 Å². The quantitative estimate of drug-likeness (QED) is 0.208. The Morgan fingerprint density at radius 3 is 2.43 bits per heavy atom. The fraction of sp³-hybridized carbons (Fsp3) is 0.148. The number of carbonyl (C=O) groups is 3. The molecule has 188 valence electrons. The summed E-state index contributed by atoms with van der Waals surface area (Å²) in [5, 5.41) is 13.2. The predicted molar refractivity (Wildman–Crippen MR) is 135 cm³/mol. The Balaban J connectivity index is 1.62. The number of rotatable bonds is 8. The first-order valence-electron chi connectivity index (χ1n) is 11.4. The van der Waals surface area contributed by atoms with Crippen molar-refractivity contribution in [1.29, 1.82) is 0 Å². The van der Waals surface area contributed by atoms with E-state index < -0.39 is 22.8 Å². The molecule has 10 nitrogen and oxygen atoms in total. The minimum absolute atomic E-state index is 0.0371. The molecule has 0 spiro atoms. The van der Waals surface area contributed by atoms with Gasteiger partial charge in [0, 0.05) is 12.1 Å². The lowest BCUT2D eigenvalue weighted by molar-refractivity contribution is -0.384. The number of hydrogen-bond donors (Lipinski definition) is 1. The molecule has 1 N–H and O–H groups in total. The number of benzene rings is 3. The van der Waals surface area contributed by atoms with Crippen molar-refractivity contribution in [3.05, 3.63) is 99.1 Å². The van der Waals surface area contributed by atoms with Gasteiger partial charge >= 0.3 is 6.03 Å². The summed E-state index contributed by atoms with van der Waals surface area (Å²) in [6.07, 6.45) is 1.32. The van der Waals surface area contributed by atoms with Crippen LogP contribution in [0.1, 0.15) is 23.6 Å². The summed E-state index contributed by atoms with van der Waals surface area (Å²) in [5.41, 5.74) is 1.92. The standard InChI is InChI=1S/C27H23N3O7/c1-3-36-24-14-19(11-12-23(24)37-16-18-9-7-17(2)8-10-18)13-22-25(31)28-27(33)29(26(22)32)20-5-4-6-21(15-20)30(34)35/h4-15H,3,16H2,1-2H3,(H,28,31,33)/b22-13+. The van der Waals surface area contributed by atoms with Crippen LogP contribution in [-0.2, 0) is 16.2 Å². The molecule has 4 amide bonds. The number of aryl methyl sites for hydroxylation is 1. The molecule has 1 fully saturated rings. The van der Waals surface area contributed by atoms with Crippen molar-refractivity contribution in [2.24, 2.45) is 0 Å². The van der Waals surface area contributed by atoms with Crippen LogP contribution in [-0.4, -0.2) is 29.4 Å². The maximum Gasteiger partial charge on any atom is 0.335 e. The van der Waals surface area contributed by atoms with Crippen LogP contribution in [0.4, 0.5) is 16.2 Å². The summed E-state index contributed by atoms with van der Waals surface area (Å²) in [7, 11) is 0. The minimum Gasteiger partial charge on any atom is -0.490 e. The third-order valence-electron chi connectivity index (χ3n) is 5.49. The smallest absolute Gasteiger partial charge is 0.335 e. The van der Waals surface area contributed by atoms with Crippen molar-refractivity contribution in [2.75, 3.05) is 11.5 Å². The first-order chi connectivity index (χ1) is 17.8. The van der Waals surface area contributed by atoms with Crippen molar-refractivity contribution in [1.82, 2.24) is 5.32 Å². The largest absolute Gasteiger partial charge is 0.490 e. The van der Waals surface area contributed by atoms with Crippen molar-refractivity contribution in [2.45, 2.75) is 20.5 Å². The van der Waals surface area contributed by atoms with Gasteiger partial charge in [0.15, 0.2) is 11.5 Å². The Kier molecular flexibility index (Phi) is 7.28. The monoisotopic (exact) mass is 501 g/mol. The minimum atomic E-state index is -0.998. The molecule has 0 aromatic heterocycles. The van der Waals surface area contributed by atoms with E-state index in [9.17, 15) is 24.5 Å². The lowest BCUT2D eigenvalue weighted by Crippen LogP contribution is -2.54. The van der Waals surface area contributed by atoms with Gasteiger partial charge in [-0.05, 0) is 49.2 Å². The highest BCUT2D eigenvalue weighted by molar-refractivity contribution is 6.39. The number of non-ortho nitro benzene ring substituents is 1. The molecule has 0 aliphatic carbocycles. The molecule has 4 rings (SSSR count). The lowest BCUT2D eigenvalue weighted by atomic mass is 10.1. The van der Waals surface area contributed by atoms with E-state index in [-0.39, 0.29) is 16.9 Å². The lowest BCUT2D eigenvalue weighted by Gasteiger charge is -2.26. The number of hydrogen-bond acceptors (Lipinski definition) is 7. The van der Waals surface area contributed by atoms with E-state index in [4.69, 9.17) is 9.47 Å². The van der Waals surface area contributed by atoms with Gasteiger partial charge in [-0.3, -0.25) is 25.0 Å². The summed E-state index contributed by atoms with van der Waals surface area (Å²) in [4.78, 5) is 49.3. The van der Waals surface area contributed by atoms with Crippen LogP contribution in [0.3, 0.4) is 0 Å². The summed E-state index contributed by atoms with van der Waals surface area (Å²) >= 11 is 0. The number of urea groups is 1. The highest BCUT2D eigenvalue weighted by Crippen LogP contribution is 2.31. The topological polar surface area (TPSA) is 128 Å². The number of imide groups is 2. The number of ether oxygens (including phenoxy) is 2. The molecule has 1 heterocycles. The van der Waals surface area contributed by atoms with E-state index in [0.717, 1.165) is 17.2 Å². The van der Waals surface area contributed by atoms with Gasteiger partial charge < -0.3 is 9.47 Å². The number of nitrogens with one attached hydrogen (secondary N) is 1. The van der Waals surface area contributed by atoms with Crippen molar-refractivity contribution in [3.8, 4) is 11.5 Å². The second-order valence-corrected chi connectivity index (χ2v) is 8.15. The van der Waals surface area contributed by atoms with E-state index in [2.05, 4.69) is 5.32 Å². The average molecular weight is 501 g/mol. The van der Waals surface area contributed by atoms with Gasteiger partial charge in [-0.2, -0.15) is 0 Å². The van der Waals surface area contributed by atoms with Gasteiger partial charge in [-0.25, -0.2) is 9.69 Å². The average Bonchev–Trinajstić information content (AvgIpc) is 2.87. The van der Waals surface area contributed by atoms with Crippen LogP contribution in [0.15, 0.2) is 72.3 Å². The molecule has 0 radical (unpaired) electrons. The van der Waals surface area contributed by atoms with Crippen molar-refractivity contribution < 1.29 is 28.8 Å². The Morgan fingerprint density at radius 1 is 0.973 bits per heavy atom. The molecular formula is C27H23N3O7. The van der Waals surface area contributed by atoms with E-state index >= 15 is 0 Å². The zero-order valence-corrected chi connectivity index (χ0v) is 20.1. The van der Waals surface area contributed by atoms with Crippen LogP contribution in [0.5, 0.6) is 11.5 Å². The number of nitrogens with zero attached hydrogens (tertiary/aromatic N) is 2. The molecule has 1 aliphatic rings. The zero-order valence-electron chi connectivity index (χ0n) is 20.1. The Labute approximate surface area is 212 Å². The van der Waals surface area contributed by atoms with Crippen LogP contribution < -0.4 is 19.7 Å². The number of nitro benzene ring substituents is 1. The molecule has 10 heteroatoms. The van der Waals surface area contributed by atoms with Crippen LogP contribution in [0, 0.1) is 17.0 Å². The van der Waals surface area contributed by atoms with E-state index in [1.807, 2.05) is 38.1 Å². The van der Waals surface area contributed by atoms with Crippen LogP contribution in [0.2, 0.25) is 0 Å². The van der Waals surface area contributed by atoms with Gasteiger partial charge in [0.25, 0.3) is 17.5 Å². The fourth-order valence-electron chi connectivity index (χ4n) is 3.65. The second kappa shape index (κ2) is 10.7. The van der Waals surface area contributed by atoms with Gasteiger partial charge in [0.1, 0.15) is 12.2 Å². The molecule has 0 atom stereocenters. The molecule has 3 aromatic rings. The summed E-state index contributed by atoms with van der Waals surface area (Å²) in [6, 6.07) is 16.9. The molecule has 1 saturated heterocycles. The summed E-state index contributed by atoms with van der Waals surface area (Å²) in [5.74, 6) is -0.891. The number of amides is 4. The normalized spacial score (nSPS) is 14.5. The van der Waals surface area contributed by atoms with Crippen molar-refractivity contribution >= 4 is 35.3 Å². The van der Waals surface area contributed by atoms with Gasteiger partial charge in [-0.15, -0.1) is 0 Å². The molecule has 0 saturated carbocycles. The number of nitro groups is 1. The predicted octanol–water partition coefficient (Wildman–Crippen LogP) is 4.55. The first-order valence-corrected chi connectivity index (χ1v) is 11.4. The summed E-state index contributed by atoms with van der Waals surface area (Å²) in [6.45, 7) is 4.49. The highest BCUT2D eigenvalue weighted by Gasteiger charge is 2.37. The van der Waals surface area contributed by atoms with Crippen molar-refractivity contribution in [3.63, 3.8) is 0 Å². The van der Waals surface area contributed by atoms with Gasteiger partial charge in [-0.1, -0.05) is 42.0 Å².